The summed E-state index contributed by atoms with van der Waals surface area (Å²) in [4.78, 5) is 11.8. The van der Waals surface area contributed by atoms with Crippen LogP contribution in [-0.4, -0.2) is 34.0 Å². The number of rotatable bonds is 8. The Hall–Kier alpha value is -1.44. The van der Waals surface area contributed by atoms with Crippen LogP contribution in [0.4, 0.5) is 5.69 Å². The van der Waals surface area contributed by atoms with E-state index >= 15 is 0 Å². The summed E-state index contributed by atoms with van der Waals surface area (Å²) in [6.07, 6.45) is 0.295. The number of benzene rings is 1. The van der Waals surface area contributed by atoms with Gasteiger partial charge in [-0.15, -0.1) is 0 Å². The lowest BCUT2D eigenvalue weighted by Crippen LogP contribution is -2.26. The molecule has 112 valence electrons. The van der Waals surface area contributed by atoms with E-state index in [1.807, 2.05) is 6.92 Å². The maximum absolute atomic E-state index is 12.0. The van der Waals surface area contributed by atoms with E-state index in [0.29, 0.717) is 25.2 Å². The van der Waals surface area contributed by atoms with Gasteiger partial charge in [0, 0.05) is 19.5 Å². The second-order valence-corrected chi connectivity index (χ2v) is 5.88. The van der Waals surface area contributed by atoms with Crippen LogP contribution >= 0.6 is 0 Å². The molecule has 0 unspecified atom stereocenters. The highest BCUT2D eigenvalue weighted by Crippen LogP contribution is 2.20. The Morgan fingerprint density at radius 1 is 1.15 bits per heavy atom. The predicted octanol–water partition coefficient (Wildman–Crippen LogP) is 0.923. The molecule has 0 bridgehead atoms. The molecule has 1 amide bonds. The fourth-order valence-corrected chi connectivity index (χ4v) is 2.87. The summed E-state index contributed by atoms with van der Waals surface area (Å²) in [7, 11) is -3.59. The smallest absolute Gasteiger partial charge is 0.242 e. The van der Waals surface area contributed by atoms with Crippen molar-refractivity contribution in [1.82, 2.24) is 10.0 Å². The molecular weight excluding hydrogens is 278 g/mol. The molecule has 0 fully saturated rings. The topological polar surface area (TPSA) is 87.3 Å². The predicted molar refractivity (Wildman–Crippen MR) is 79.1 cm³/mol. The first-order valence-corrected chi connectivity index (χ1v) is 8.08. The van der Waals surface area contributed by atoms with Gasteiger partial charge in [0.05, 0.1) is 5.69 Å². The summed E-state index contributed by atoms with van der Waals surface area (Å²) in [5, 5.41) is 5.67. The zero-order valence-electron chi connectivity index (χ0n) is 11.8. The van der Waals surface area contributed by atoms with E-state index < -0.39 is 10.0 Å². The third kappa shape index (κ3) is 4.92. The minimum atomic E-state index is -3.59. The Bertz CT molecular complexity index is 544. The molecule has 7 heteroatoms. The SMILES string of the molecule is CCNCCC(=O)Nc1ccccc1S(=O)(=O)NCC. The van der Waals surface area contributed by atoms with Gasteiger partial charge in [0.15, 0.2) is 0 Å². The fourth-order valence-electron chi connectivity index (χ4n) is 1.66. The van der Waals surface area contributed by atoms with Crippen molar-refractivity contribution in [2.75, 3.05) is 25.0 Å². The van der Waals surface area contributed by atoms with Gasteiger partial charge in [-0.3, -0.25) is 4.79 Å². The summed E-state index contributed by atoms with van der Waals surface area (Å²) in [5.74, 6) is -0.218. The highest BCUT2D eigenvalue weighted by molar-refractivity contribution is 7.89. The normalized spacial score (nSPS) is 11.3. The van der Waals surface area contributed by atoms with Crippen LogP contribution in [-0.2, 0) is 14.8 Å². The molecule has 0 atom stereocenters. The molecule has 3 N–H and O–H groups in total. The van der Waals surface area contributed by atoms with E-state index in [1.165, 1.54) is 6.07 Å². The molecule has 0 aliphatic heterocycles. The molecule has 6 nitrogen and oxygen atoms in total. The third-order valence-electron chi connectivity index (χ3n) is 2.56. The van der Waals surface area contributed by atoms with Crippen LogP contribution in [0.3, 0.4) is 0 Å². The average Bonchev–Trinajstić information content (AvgIpc) is 2.39. The number of para-hydroxylation sites is 1. The van der Waals surface area contributed by atoms with Gasteiger partial charge in [0.1, 0.15) is 4.90 Å². The van der Waals surface area contributed by atoms with Gasteiger partial charge in [-0.1, -0.05) is 26.0 Å². The number of sulfonamides is 1. The van der Waals surface area contributed by atoms with Crippen molar-refractivity contribution in [2.45, 2.75) is 25.2 Å². The van der Waals surface area contributed by atoms with Crippen molar-refractivity contribution in [1.29, 1.82) is 0 Å². The van der Waals surface area contributed by atoms with E-state index in [2.05, 4.69) is 15.4 Å². The Balaban J connectivity index is 2.83. The summed E-state index contributed by atoms with van der Waals surface area (Å²) in [5.41, 5.74) is 0.301. The second kappa shape index (κ2) is 7.98. The highest BCUT2D eigenvalue weighted by atomic mass is 32.2. The van der Waals surface area contributed by atoms with Crippen LogP contribution in [0.25, 0.3) is 0 Å². The first kappa shape index (κ1) is 16.6. The Labute approximate surface area is 120 Å². The lowest BCUT2D eigenvalue weighted by atomic mass is 10.3. The molecular formula is C13H21N3O3S. The van der Waals surface area contributed by atoms with Crippen LogP contribution in [0.1, 0.15) is 20.3 Å². The molecule has 1 aromatic rings. The Morgan fingerprint density at radius 3 is 2.50 bits per heavy atom. The number of anilines is 1. The van der Waals surface area contributed by atoms with Gasteiger partial charge in [-0.25, -0.2) is 13.1 Å². The lowest BCUT2D eigenvalue weighted by molar-refractivity contribution is -0.116. The molecule has 0 heterocycles. The van der Waals surface area contributed by atoms with E-state index in [-0.39, 0.29) is 10.8 Å². The minimum absolute atomic E-state index is 0.0821. The maximum atomic E-state index is 12.0. The van der Waals surface area contributed by atoms with Crippen molar-refractivity contribution >= 4 is 21.6 Å². The zero-order valence-corrected chi connectivity index (χ0v) is 12.6. The molecule has 1 rings (SSSR count). The van der Waals surface area contributed by atoms with Gasteiger partial charge in [-0.2, -0.15) is 0 Å². The standard InChI is InChI=1S/C13H21N3O3S/c1-3-14-10-9-13(17)16-11-7-5-6-8-12(11)20(18,19)15-4-2/h5-8,14-15H,3-4,9-10H2,1-2H3,(H,16,17). The molecule has 0 saturated carbocycles. The molecule has 1 aromatic carbocycles. The third-order valence-corrected chi connectivity index (χ3v) is 4.17. The van der Waals surface area contributed by atoms with Gasteiger partial charge in [-0.05, 0) is 18.7 Å². The maximum Gasteiger partial charge on any atom is 0.242 e. The molecule has 20 heavy (non-hydrogen) atoms. The van der Waals surface area contributed by atoms with Crippen molar-refractivity contribution in [3.8, 4) is 0 Å². The summed E-state index contributed by atoms with van der Waals surface area (Å²) in [6, 6.07) is 6.36. The van der Waals surface area contributed by atoms with E-state index in [9.17, 15) is 13.2 Å². The monoisotopic (exact) mass is 299 g/mol. The van der Waals surface area contributed by atoms with Crippen molar-refractivity contribution in [2.24, 2.45) is 0 Å². The molecule has 0 aromatic heterocycles. The lowest BCUT2D eigenvalue weighted by Gasteiger charge is -2.11. The van der Waals surface area contributed by atoms with Crippen LogP contribution in [0.15, 0.2) is 29.2 Å². The van der Waals surface area contributed by atoms with Crippen LogP contribution < -0.4 is 15.4 Å². The van der Waals surface area contributed by atoms with Gasteiger partial charge in [0.25, 0.3) is 0 Å². The van der Waals surface area contributed by atoms with Crippen LogP contribution in [0.2, 0.25) is 0 Å². The van der Waals surface area contributed by atoms with Gasteiger partial charge >= 0.3 is 0 Å². The first-order valence-electron chi connectivity index (χ1n) is 6.60. The number of carbonyl (C=O) groups is 1. The number of hydrogen-bond acceptors (Lipinski definition) is 4. The van der Waals surface area contributed by atoms with Gasteiger partial charge < -0.3 is 10.6 Å². The molecule has 0 saturated heterocycles. The average molecular weight is 299 g/mol. The summed E-state index contributed by atoms with van der Waals surface area (Å²) >= 11 is 0. The first-order chi connectivity index (χ1) is 9.51. The van der Waals surface area contributed by atoms with Crippen molar-refractivity contribution in [3.05, 3.63) is 24.3 Å². The molecule has 0 aliphatic carbocycles. The van der Waals surface area contributed by atoms with E-state index in [1.54, 1.807) is 25.1 Å². The summed E-state index contributed by atoms with van der Waals surface area (Å²) < 4.78 is 26.5. The number of nitrogens with one attached hydrogen (secondary N) is 3. The molecule has 0 aliphatic rings. The van der Waals surface area contributed by atoms with Crippen LogP contribution in [0.5, 0.6) is 0 Å². The summed E-state index contributed by atoms with van der Waals surface area (Å²) in [6.45, 7) is 5.31. The van der Waals surface area contributed by atoms with Crippen molar-refractivity contribution in [3.63, 3.8) is 0 Å². The molecule has 0 spiro atoms. The fraction of sp³-hybridized carbons (Fsp3) is 0.462. The number of carbonyl (C=O) groups excluding carboxylic acids is 1. The van der Waals surface area contributed by atoms with Crippen molar-refractivity contribution < 1.29 is 13.2 Å². The number of amides is 1. The van der Waals surface area contributed by atoms with Crippen LogP contribution in [0, 0.1) is 0 Å². The largest absolute Gasteiger partial charge is 0.325 e. The number of hydrogen-bond donors (Lipinski definition) is 3. The van der Waals surface area contributed by atoms with E-state index in [0.717, 1.165) is 6.54 Å². The second-order valence-electron chi connectivity index (χ2n) is 4.15. The Morgan fingerprint density at radius 2 is 1.85 bits per heavy atom. The highest BCUT2D eigenvalue weighted by Gasteiger charge is 2.18. The van der Waals surface area contributed by atoms with E-state index in [4.69, 9.17) is 0 Å². The van der Waals surface area contributed by atoms with Gasteiger partial charge in [0.2, 0.25) is 15.9 Å². The quantitative estimate of drug-likeness (QED) is 0.623. The molecule has 0 radical (unpaired) electrons. The Kier molecular flexibility index (Phi) is 6.63. The zero-order chi connectivity index (χ0) is 15.0. The minimum Gasteiger partial charge on any atom is -0.325 e.